The van der Waals surface area contributed by atoms with Gasteiger partial charge in [-0.3, -0.25) is 19.3 Å². The Hall–Kier alpha value is -4.12. The van der Waals surface area contributed by atoms with Crippen LogP contribution in [0.15, 0.2) is 62.8 Å². The quantitative estimate of drug-likeness (QED) is 0.521. The van der Waals surface area contributed by atoms with Crippen LogP contribution in [0.3, 0.4) is 0 Å². The summed E-state index contributed by atoms with van der Waals surface area (Å²) in [5.41, 5.74) is 1.31. The molecule has 3 rings (SSSR count). The molecule has 1 aromatic carbocycles. The van der Waals surface area contributed by atoms with Crippen LogP contribution in [-0.2, 0) is 11.3 Å². The molecule has 0 saturated carbocycles. The van der Waals surface area contributed by atoms with Gasteiger partial charge in [-0.05, 0) is 39.8 Å². The molecule has 6 nitrogen and oxygen atoms in total. The van der Waals surface area contributed by atoms with E-state index in [1.165, 1.54) is 35.9 Å². The maximum atomic E-state index is 14.4. The van der Waals surface area contributed by atoms with Gasteiger partial charge in [0.25, 0.3) is 5.56 Å². The second-order valence-corrected chi connectivity index (χ2v) is 7.29. The van der Waals surface area contributed by atoms with Crippen molar-refractivity contribution in [2.24, 2.45) is 9.98 Å². The predicted molar refractivity (Wildman–Crippen MR) is 131 cm³/mol. The lowest BCUT2D eigenvalue weighted by molar-refractivity contribution is 0.200. The minimum atomic E-state index is -0.732. The molecular formula is C26H24F2N4O2. The van der Waals surface area contributed by atoms with Gasteiger partial charge < -0.3 is 4.74 Å². The summed E-state index contributed by atoms with van der Waals surface area (Å²) in [6.07, 6.45) is 6.03. The summed E-state index contributed by atoms with van der Waals surface area (Å²) in [7, 11) is 0. The lowest BCUT2D eigenvalue weighted by Gasteiger charge is -2.25. The average molecular weight is 463 g/mol. The van der Waals surface area contributed by atoms with Gasteiger partial charge in [-0.15, -0.1) is 0 Å². The number of hydrogen-bond donors (Lipinski definition) is 0. The van der Waals surface area contributed by atoms with E-state index in [1.54, 1.807) is 32.2 Å². The summed E-state index contributed by atoms with van der Waals surface area (Å²) in [6.45, 7) is 7.09. The van der Waals surface area contributed by atoms with Gasteiger partial charge in [0.15, 0.2) is 0 Å². The number of nitriles is 1. The lowest BCUT2D eigenvalue weighted by atomic mass is 9.96. The van der Waals surface area contributed by atoms with Gasteiger partial charge in [-0.2, -0.15) is 5.26 Å². The summed E-state index contributed by atoms with van der Waals surface area (Å²) in [5.74, 6) is -1.01. The molecule has 0 N–H and O–H groups in total. The van der Waals surface area contributed by atoms with Gasteiger partial charge in [0, 0.05) is 41.7 Å². The molecule has 0 unspecified atom stereocenters. The summed E-state index contributed by atoms with van der Waals surface area (Å²) >= 11 is 0. The Labute approximate surface area is 196 Å². The van der Waals surface area contributed by atoms with E-state index in [1.807, 2.05) is 13.0 Å². The first-order valence-corrected chi connectivity index (χ1v) is 10.7. The molecule has 2 heterocycles. The van der Waals surface area contributed by atoms with Crippen molar-refractivity contribution in [2.45, 2.75) is 34.3 Å². The van der Waals surface area contributed by atoms with Gasteiger partial charge in [0.05, 0.1) is 17.0 Å². The number of hydrogen-bond acceptors (Lipinski definition) is 5. The minimum absolute atomic E-state index is 0.0295. The Balaban J connectivity index is 2.52. The van der Waals surface area contributed by atoms with Crippen LogP contribution in [0.4, 0.5) is 8.78 Å². The van der Waals surface area contributed by atoms with Gasteiger partial charge in [0.1, 0.15) is 35.8 Å². The van der Waals surface area contributed by atoms with E-state index in [2.05, 4.69) is 9.98 Å². The fourth-order valence-electron chi connectivity index (χ4n) is 3.67. The molecule has 0 spiro atoms. The summed E-state index contributed by atoms with van der Waals surface area (Å²) in [4.78, 5) is 22.4. The molecule has 0 bridgehead atoms. The predicted octanol–water partition coefficient (Wildman–Crippen LogP) is 5.64. The third-order valence-corrected chi connectivity index (χ3v) is 5.12. The molecule has 0 aliphatic carbocycles. The molecule has 8 heteroatoms. The van der Waals surface area contributed by atoms with Crippen molar-refractivity contribution in [3.63, 3.8) is 0 Å². The molecule has 2 aromatic rings. The standard InChI is InChI=1S/C26H24F2N4O2/c1-5-17(14-30-6-2)32-23-15-34-24(11-16(4)27)25(31-7-3)20(23)12-19(26(32)33)18-9-8-10-22(28)21(18)13-29/h5,7-12,14H,6,15H2,1-4H3/b16-11+,17-5+,30-14?,31-7?. The monoisotopic (exact) mass is 462 g/mol. The number of nitrogens with zero attached hydrogens (tertiary/aromatic N) is 4. The molecule has 1 aliphatic rings. The summed E-state index contributed by atoms with van der Waals surface area (Å²) in [6, 6.07) is 7.52. The molecule has 174 valence electrons. The smallest absolute Gasteiger partial charge is 0.263 e. The van der Waals surface area contributed by atoms with E-state index >= 15 is 0 Å². The lowest BCUT2D eigenvalue weighted by Crippen LogP contribution is -2.28. The van der Waals surface area contributed by atoms with Crippen molar-refractivity contribution < 1.29 is 13.5 Å². The van der Waals surface area contributed by atoms with Crippen LogP contribution >= 0.6 is 0 Å². The zero-order chi connectivity index (χ0) is 24.8. The normalized spacial score (nSPS) is 14.5. The Morgan fingerprint density at radius 1 is 1.29 bits per heavy atom. The highest BCUT2D eigenvalue weighted by molar-refractivity contribution is 6.03. The van der Waals surface area contributed by atoms with Crippen LogP contribution < -0.4 is 5.56 Å². The Kier molecular flexibility index (Phi) is 7.69. The maximum Gasteiger partial charge on any atom is 0.263 e. The number of pyridine rings is 1. The van der Waals surface area contributed by atoms with E-state index in [0.29, 0.717) is 29.2 Å². The number of aliphatic imine (C=N–C) groups is 2. The molecule has 0 atom stereocenters. The first-order chi connectivity index (χ1) is 16.4. The fraction of sp³-hybridized carbons (Fsp3) is 0.231. The number of allylic oxidation sites excluding steroid dienone is 4. The SMILES string of the molecule is CC=NC1=C(/C=C(\C)F)OCc2c1cc(-c1cccc(F)c1C#N)c(=O)n2/C(C=NCC)=C/C. The Morgan fingerprint density at radius 2 is 2.06 bits per heavy atom. The zero-order valence-corrected chi connectivity index (χ0v) is 19.4. The minimum Gasteiger partial charge on any atom is -0.485 e. The molecule has 0 amide bonds. The number of rotatable bonds is 6. The second-order valence-electron chi connectivity index (χ2n) is 7.29. The third kappa shape index (κ3) is 4.64. The highest BCUT2D eigenvalue weighted by Gasteiger charge is 2.27. The zero-order valence-electron chi connectivity index (χ0n) is 19.4. The Bertz CT molecular complexity index is 1370. The van der Waals surface area contributed by atoms with Crippen molar-refractivity contribution in [3.05, 3.63) is 81.0 Å². The van der Waals surface area contributed by atoms with Crippen LogP contribution in [0.1, 0.15) is 44.5 Å². The number of halogens is 2. The van der Waals surface area contributed by atoms with Crippen LogP contribution in [0, 0.1) is 17.1 Å². The number of ether oxygens (including phenoxy) is 1. The van der Waals surface area contributed by atoms with E-state index in [9.17, 15) is 18.8 Å². The maximum absolute atomic E-state index is 14.4. The molecule has 1 aliphatic heterocycles. The largest absolute Gasteiger partial charge is 0.485 e. The average Bonchev–Trinajstić information content (AvgIpc) is 2.81. The first kappa shape index (κ1) is 24.5. The van der Waals surface area contributed by atoms with Crippen molar-refractivity contribution in [1.29, 1.82) is 5.26 Å². The van der Waals surface area contributed by atoms with Gasteiger partial charge >= 0.3 is 0 Å². The molecule has 1 aromatic heterocycles. The van der Waals surface area contributed by atoms with Gasteiger partial charge in [-0.25, -0.2) is 8.78 Å². The van der Waals surface area contributed by atoms with Crippen LogP contribution in [0.2, 0.25) is 0 Å². The fourth-order valence-corrected chi connectivity index (χ4v) is 3.67. The molecule has 0 radical (unpaired) electrons. The summed E-state index contributed by atoms with van der Waals surface area (Å²) in [5, 5.41) is 9.57. The molecule has 0 saturated heterocycles. The second kappa shape index (κ2) is 10.7. The highest BCUT2D eigenvalue weighted by Crippen LogP contribution is 2.35. The van der Waals surface area contributed by atoms with Crippen molar-refractivity contribution in [3.8, 4) is 17.2 Å². The van der Waals surface area contributed by atoms with E-state index < -0.39 is 17.2 Å². The number of benzene rings is 1. The van der Waals surface area contributed by atoms with Crippen LogP contribution in [0.25, 0.3) is 22.5 Å². The van der Waals surface area contributed by atoms with E-state index in [-0.39, 0.29) is 29.1 Å². The van der Waals surface area contributed by atoms with Crippen molar-refractivity contribution in [2.75, 3.05) is 6.54 Å². The van der Waals surface area contributed by atoms with Crippen molar-refractivity contribution in [1.82, 2.24) is 4.57 Å². The molecule has 34 heavy (non-hydrogen) atoms. The van der Waals surface area contributed by atoms with Crippen LogP contribution in [-0.4, -0.2) is 23.5 Å². The number of fused-ring (bicyclic) bond motifs is 1. The van der Waals surface area contributed by atoms with Crippen molar-refractivity contribution >= 4 is 23.8 Å². The molecular weight excluding hydrogens is 438 g/mol. The first-order valence-electron chi connectivity index (χ1n) is 10.7. The summed E-state index contributed by atoms with van der Waals surface area (Å²) < 4.78 is 35.4. The third-order valence-electron chi connectivity index (χ3n) is 5.12. The van der Waals surface area contributed by atoms with E-state index in [0.717, 1.165) is 6.07 Å². The van der Waals surface area contributed by atoms with Crippen LogP contribution in [0.5, 0.6) is 0 Å². The number of aromatic nitrogens is 1. The Morgan fingerprint density at radius 3 is 2.68 bits per heavy atom. The van der Waals surface area contributed by atoms with E-state index in [4.69, 9.17) is 4.74 Å². The van der Waals surface area contributed by atoms with Gasteiger partial charge in [0.2, 0.25) is 0 Å². The topological polar surface area (TPSA) is 79.7 Å². The van der Waals surface area contributed by atoms with Gasteiger partial charge in [-0.1, -0.05) is 18.2 Å². The highest BCUT2D eigenvalue weighted by atomic mass is 19.1. The molecule has 0 fully saturated rings.